The smallest absolute Gasteiger partial charge is 0.408 e. The van der Waals surface area contributed by atoms with E-state index in [1.54, 1.807) is 20.8 Å². The van der Waals surface area contributed by atoms with Crippen molar-refractivity contribution in [3.05, 3.63) is 11.8 Å². The summed E-state index contributed by atoms with van der Waals surface area (Å²) in [6.07, 6.45) is 0.502. The molecule has 8 nitrogen and oxygen atoms in total. The number of aliphatic hydroxyl groups is 1. The topological polar surface area (TPSA) is 114 Å². The van der Waals surface area contributed by atoms with Crippen LogP contribution in [0.5, 0.6) is 0 Å². The van der Waals surface area contributed by atoms with Crippen LogP contribution in [0.3, 0.4) is 0 Å². The van der Waals surface area contributed by atoms with E-state index in [9.17, 15) is 9.59 Å². The van der Waals surface area contributed by atoms with Gasteiger partial charge in [-0.15, -0.1) is 0 Å². The highest BCUT2D eigenvalue weighted by Gasteiger charge is 2.24. The third kappa shape index (κ3) is 6.13. The van der Waals surface area contributed by atoms with Gasteiger partial charge in [-0.1, -0.05) is 18.5 Å². The number of hydrogen-bond donors (Lipinski definition) is 3. The zero-order chi connectivity index (χ0) is 16.8. The third-order valence-corrected chi connectivity index (χ3v) is 2.55. The predicted octanol–water partition coefficient (Wildman–Crippen LogP) is 1.80. The van der Waals surface area contributed by atoms with Crippen LogP contribution in [0.25, 0.3) is 0 Å². The van der Waals surface area contributed by atoms with Crippen LogP contribution < -0.4 is 10.6 Å². The molecule has 1 aromatic heterocycles. The molecule has 1 rings (SSSR count). The van der Waals surface area contributed by atoms with Crippen molar-refractivity contribution in [1.29, 1.82) is 0 Å². The number of anilines is 1. The molecule has 8 heteroatoms. The van der Waals surface area contributed by atoms with Crippen LogP contribution in [0, 0.1) is 0 Å². The summed E-state index contributed by atoms with van der Waals surface area (Å²) >= 11 is 0. The standard InChI is InChI=1S/C14H23N3O5/c1-5-6-10(15-13(20)21-14(2,3)4)12(19)16-11-7-9(8-18)22-17-11/h7,10,18H,5-6,8H2,1-4H3,(H,15,20)(H,16,17,19). The molecule has 1 atom stereocenters. The summed E-state index contributed by atoms with van der Waals surface area (Å²) < 4.78 is 9.91. The monoisotopic (exact) mass is 313 g/mol. The van der Waals surface area contributed by atoms with Gasteiger partial charge in [-0.3, -0.25) is 4.79 Å². The Bertz CT molecular complexity index is 507. The van der Waals surface area contributed by atoms with E-state index >= 15 is 0 Å². The minimum atomic E-state index is -0.742. The van der Waals surface area contributed by atoms with Crippen LogP contribution in [0.4, 0.5) is 10.6 Å². The van der Waals surface area contributed by atoms with Crippen LogP contribution in [-0.2, 0) is 16.1 Å². The molecule has 0 aliphatic heterocycles. The fourth-order valence-corrected chi connectivity index (χ4v) is 1.67. The molecule has 0 radical (unpaired) electrons. The molecule has 0 saturated carbocycles. The van der Waals surface area contributed by atoms with Crippen LogP contribution in [0.2, 0.25) is 0 Å². The van der Waals surface area contributed by atoms with Crippen LogP contribution in [0.1, 0.15) is 46.3 Å². The Balaban J connectivity index is 2.64. The number of amides is 2. The van der Waals surface area contributed by atoms with E-state index in [2.05, 4.69) is 15.8 Å². The average Bonchev–Trinajstić information content (AvgIpc) is 2.83. The van der Waals surface area contributed by atoms with E-state index in [1.807, 2.05) is 6.92 Å². The number of aromatic nitrogens is 1. The van der Waals surface area contributed by atoms with Crippen molar-refractivity contribution in [3.63, 3.8) is 0 Å². The molecule has 0 spiro atoms. The maximum Gasteiger partial charge on any atom is 0.408 e. The van der Waals surface area contributed by atoms with E-state index in [-0.39, 0.29) is 18.2 Å². The van der Waals surface area contributed by atoms with Crippen molar-refractivity contribution in [1.82, 2.24) is 10.5 Å². The summed E-state index contributed by atoms with van der Waals surface area (Å²) in [4.78, 5) is 23.9. The first kappa shape index (κ1) is 18.0. The molecular formula is C14H23N3O5. The Kier molecular flexibility index (Phi) is 6.36. The van der Waals surface area contributed by atoms with Crippen molar-refractivity contribution in [2.45, 2.75) is 58.8 Å². The zero-order valence-electron chi connectivity index (χ0n) is 13.3. The number of nitrogens with one attached hydrogen (secondary N) is 2. The lowest BCUT2D eigenvalue weighted by molar-refractivity contribution is -0.118. The zero-order valence-corrected chi connectivity index (χ0v) is 13.3. The van der Waals surface area contributed by atoms with E-state index in [0.29, 0.717) is 12.8 Å². The van der Waals surface area contributed by atoms with Gasteiger partial charge in [0.1, 0.15) is 18.2 Å². The Morgan fingerprint density at radius 3 is 2.64 bits per heavy atom. The molecule has 124 valence electrons. The summed E-state index contributed by atoms with van der Waals surface area (Å²) in [6, 6.07) is 0.670. The van der Waals surface area contributed by atoms with Crippen molar-refractivity contribution < 1.29 is 24.0 Å². The molecule has 1 heterocycles. The van der Waals surface area contributed by atoms with Crippen molar-refractivity contribution in [2.75, 3.05) is 5.32 Å². The van der Waals surface area contributed by atoms with Gasteiger partial charge in [0.2, 0.25) is 5.91 Å². The van der Waals surface area contributed by atoms with Crippen LogP contribution in [0.15, 0.2) is 10.6 Å². The Hall–Kier alpha value is -2.09. The highest BCUT2D eigenvalue weighted by atomic mass is 16.6. The number of rotatable bonds is 6. The van der Waals surface area contributed by atoms with Crippen LogP contribution >= 0.6 is 0 Å². The van der Waals surface area contributed by atoms with Crippen molar-refractivity contribution >= 4 is 17.8 Å². The SMILES string of the molecule is CCCC(NC(=O)OC(C)(C)C)C(=O)Nc1cc(CO)on1. The highest BCUT2D eigenvalue weighted by molar-refractivity contribution is 5.95. The highest BCUT2D eigenvalue weighted by Crippen LogP contribution is 2.11. The quantitative estimate of drug-likeness (QED) is 0.738. The first-order chi connectivity index (χ1) is 10.2. The number of ether oxygens (including phenoxy) is 1. The fourth-order valence-electron chi connectivity index (χ4n) is 1.67. The molecule has 1 aromatic rings. The Morgan fingerprint density at radius 2 is 2.14 bits per heavy atom. The first-order valence-electron chi connectivity index (χ1n) is 7.12. The lowest BCUT2D eigenvalue weighted by Crippen LogP contribution is -2.45. The van der Waals surface area contributed by atoms with Gasteiger partial charge in [0, 0.05) is 6.07 Å². The molecule has 0 aliphatic rings. The molecular weight excluding hydrogens is 290 g/mol. The maximum absolute atomic E-state index is 12.2. The molecule has 2 amide bonds. The van der Waals surface area contributed by atoms with Gasteiger partial charge in [-0.05, 0) is 27.2 Å². The summed E-state index contributed by atoms with van der Waals surface area (Å²) in [6.45, 7) is 6.82. The second kappa shape index (κ2) is 7.79. The minimum Gasteiger partial charge on any atom is -0.444 e. The second-order valence-electron chi connectivity index (χ2n) is 5.81. The number of alkyl carbamates (subject to hydrolysis) is 1. The van der Waals surface area contributed by atoms with Gasteiger partial charge in [0.25, 0.3) is 0 Å². The lowest BCUT2D eigenvalue weighted by Gasteiger charge is -2.22. The predicted molar refractivity (Wildman–Crippen MR) is 79.1 cm³/mol. The molecule has 1 unspecified atom stereocenters. The van der Waals surface area contributed by atoms with E-state index in [1.165, 1.54) is 6.07 Å². The largest absolute Gasteiger partial charge is 0.444 e. The van der Waals surface area contributed by atoms with Gasteiger partial charge in [0.15, 0.2) is 11.6 Å². The molecule has 0 aromatic carbocycles. The van der Waals surface area contributed by atoms with E-state index in [4.69, 9.17) is 14.4 Å². The minimum absolute atomic E-state index is 0.182. The maximum atomic E-state index is 12.2. The van der Waals surface area contributed by atoms with Gasteiger partial charge < -0.3 is 25.0 Å². The number of hydrogen-bond acceptors (Lipinski definition) is 6. The van der Waals surface area contributed by atoms with Gasteiger partial charge >= 0.3 is 6.09 Å². The molecule has 0 fully saturated rings. The lowest BCUT2D eigenvalue weighted by atomic mass is 10.1. The van der Waals surface area contributed by atoms with Gasteiger partial charge in [-0.2, -0.15) is 0 Å². The van der Waals surface area contributed by atoms with E-state index < -0.39 is 23.6 Å². The first-order valence-corrected chi connectivity index (χ1v) is 7.12. The molecule has 3 N–H and O–H groups in total. The van der Waals surface area contributed by atoms with Crippen molar-refractivity contribution in [3.8, 4) is 0 Å². The second-order valence-corrected chi connectivity index (χ2v) is 5.81. The third-order valence-electron chi connectivity index (χ3n) is 2.55. The average molecular weight is 313 g/mol. The molecule has 0 aliphatic carbocycles. The van der Waals surface area contributed by atoms with E-state index in [0.717, 1.165) is 0 Å². The summed E-state index contributed by atoms with van der Waals surface area (Å²) in [7, 11) is 0. The summed E-state index contributed by atoms with van der Waals surface area (Å²) in [5.74, 6) is -0.00548. The number of nitrogens with zero attached hydrogens (tertiary/aromatic N) is 1. The van der Waals surface area contributed by atoms with Crippen LogP contribution in [-0.4, -0.2) is 33.9 Å². The molecule has 22 heavy (non-hydrogen) atoms. The Labute approximate surface area is 129 Å². The Morgan fingerprint density at radius 1 is 1.45 bits per heavy atom. The summed E-state index contributed by atoms with van der Waals surface area (Å²) in [5.41, 5.74) is -0.639. The normalized spacial score (nSPS) is 12.6. The van der Waals surface area contributed by atoms with Crippen molar-refractivity contribution in [2.24, 2.45) is 0 Å². The fraction of sp³-hybridized carbons (Fsp3) is 0.643. The molecule has 0 saturated heterocycles. The molecule has 0 bridgehead atoms. The summed E-state index contributed by atoms with van der Waals surface area (Å²) in [5, 5.41) is 17.5. The van der Waals surface area contributed by atoms with Gasteiger partial charge in [-0.25, -0.2) is 4.79 Å². The number of carbonyl (C=O) groups is 2. The number of carbonyl (C=O) groups excluding carboxylic acids is 2. The van der Waals surface area contributed by atoms with Gasteiger partial charge in [0.05, 0.1) is 0 Å². The number of aliphatic hydroxyl groups excluding tert-OH is 1.